The molecule has 0 aromatic carbocycles. The van der Waals surface area contributed by atoms with Gasteiger partial charge in [0.2, 0.25) is 0 Å². The third kappa shape index (κ3) is 8.29. The van der Waals surface area contributed by atoms with Crippen LogP contribution in [-0.2, 0) is 4.79 Å². The molecule has 2 unspecified atom stereocenters. The second kappa shape index (κ2) is 13.4. The Balaban J connectivity index is 5.14. The van der Waals surface area contributed by atoms with Crippen LogP contribution in [0.4, 0.5) is 0 Å². The molecule has 2 N–H and O–H groups in total. The Morgan fingerprint density at radius 2 is 1.67 bits per heavy atom. The molecule has 24 heavy (non-hydrogen) atoms. The number of carbonyl (C=O) groups is 1. The highest BCUT2D eigenvalue weighted by atomic mass is 16.4. The third-order valence-electron chi connectivity index (χ3n) is 5.02. The molecule has 2 atom stereocenters. The second-order valence-electron chi connectivity index (χ2n) is 7.04. The molecule has 0 spiro atoms. The molecule has 142 valence electrons. The monoisotopic (exact) mass is 342 g/mol. The van der Waals surface area contributed by atoms with Gasteiger partial charge in [0.1, 0.15) is 12.6 Å². The number of aliphatic carboxylic acids is 1. The number of quaternary nitrogens is 1. The first-order valence-corrected chi connectivity index (χ1v) is 9.84. The summed E-state index contributed by atoms with van der Waals surface area (Å²) in [7, 11) is 0. The summed E-state index contributed by atoms with van der Waals surface area (Å²) in [5, 5.41) is 20.3. The molecule has 0 bridgehead atoms. The maximum Gasteiger partial charge on any atom is 0.362 e. The lowest BCUT2D eigenvalue weighted by atomic mass is 10.0. The van der Waals surface area contributed by atoms with Gasteiger partial charge in [0, 0.05) is 6.42 Å². The molecule has 0 aromatic rings. The molecular weight excluding hydrogens is 302 g/mol. The van der Waals surface area contributed by atoms with Crippen molar-refractivity contribution in [3.8, 4) is 0 Å². The van der Waals surface area contributed by atoms with Crippen LogP contribution in [0.15, 0.2) is 12.7 Å². The van der Waals surface area contributed by atoms with E-state index < -0.39 is 18.1 Å². The van der Waals surface area contributed by atoms with Crippen LogP contribution in [0.2, 0.25) is 0 Å². The molecule has 4 heteroatoms. The summed E-state index contributed by atoms with van der Waals surface area (Å²) in [6.07, 6.45) is 9.98. The van der Waals surface area contributed by atoms with Crippen molar-refractivity contribution in [3.63, 3.8) is 0 Å². The number of nitrogens with zero attached hydrogens (tertiary/aromatic N) is 1. The van der Waals surface area contributed by atoms with Gasteiger partial charge in [-0.25, -0.2) is 4.79 Å². The van der Waals surface area contributed by atoms with Crippen molar-refractivity contribution in [2.45, 2.75) is 90.7 Å². The van der Waals surface area contributed by atoms with Crippen LogP contribution in [0.25, 0.3) is 0 Å². The summed E-state index contributed by atoms with van der Waals surface area (Å²) in [6.45, 7) is 12.2. The number of allylic oxidation sites excluding steroid dienone is 1. The van der Waals surface area contributed by atoms with E-state index in [-0.39, 0.29) is 0 Å². The lowest BCUT2D eigenvalue weighted by Gasteiger charge is -2.44. The Morgan fingerprint density at radius 3 is 2.08 bits per heavy atom. The smallest absolute Gasteiger partial charge is 0.362 e. The number of rotatable bonds is 16. The van der Waals surface area contributed by atoms with Crippen LogP contribution >= 0.6 is 0 Å². The zero-order chi connectivity index (χ0) is 18.4. The number of unbranched alkanes of at least 4 members (excludes halogenated alkanes) is 4. The van der Waals surface area contributed by atoms with E-state index in [1.807, 2.05) is 13.0 Å². The minimum Gasteiger partial charge on any atom is -0.477 e. The van der Waals surface area contributed by atoms with Crippen molar-refractivity contribution in [2.24, 2.45) is 0 Å². The lowest BCUT2D eigenvalue weighted by molar-refractivity contribution is -0.946. The van der Waals surface area contributed by atoms with E-state index in [4.69, 9.17) is 0 Å². The SMILES string of the molecule is C=CCCCCC(O)C[N+](CCCC)(CCCC)C(CC)C(=O)O. The molecule has 0 aliphatic rings. The van der Waals surface area contributed by atoms with Gasteiger partial charge in [0.15, 0.2) is 6.04 Å². The minimum absolute atomic E-state index is 0.411. The zero-order valence-corrected chi connectivity index (χ0v) is 16.2. The predicted octanol–water partition coefficient (Wildman–Crippen LogP) is 4.37. The van der Waals surface area contributed by atoms with E-state index in [0.717, 1.165) is 64.5 Å². The first-order chi connectivity index (χ1) is 11.5. The molecule has 0 saturated carbocycles. The van der Waals surface area contributed by atoms with Crippen molar-refractivity contribution in [1.29, 1.82) is 0 Å². The maximum absolute atomic E-state index is 11.9. The molecule has 0 aliphatic carbocycles. The van der Waals surface area contributed by atoms with Crippen LogP contribution in [0, 0.1) is 0 Å². The molecule has 0 radical (unpaired) electrons. The molecule has 0 heterocycles. The molecule has 0 saturated heterocycles. The standard InChI is InChI=1S/C20H39NO3/c1-5-9-12-13-14-18(22)17-21(15-10-6-2,16-11-7-3)19(8-4)20(23)24/h5,18-19,22H,1,6-17H2,2-4H3/p+1. The normalized spacial score (nSPS) is 14.3. The van der Waals surface area contributed by atoms with Crippen molar-refractivity contribution in [2.75, 3.05) is 19.6 Å². The van der Waals surface area contributed by atoms with Crippen LogP contribution in [-0.4, -0.2) is 52.4 Å². The number of aliphatic hydroxyl groups excluding tert-OH is 1. The summed E-state index contributed by atoms with van der Waals surface area (Å²) < 4.78 is 0.538. The summed E-state index contributed by atoms with van der Waals surface area (Å²) in [5.74, 6) is -0.719. The Kier molecular flexibility index (Phi) is 12.9. The molecule has 0 aromatic heterocycles. The van der Waals surface area contributed by atoms with Crippen LogP contribution in [0.3, 0.4) is 0 Å². The Hall–Kier alpha value is -0.870. The van der Waals surface area contributed by atoms with Crippen molar-refractivity contribution in [3.05, 3.63) is 12.7 Å². The van der Waals surface area contributed by atoms with E-state index in [1.165, 1.54) is 0 Å². The number of carboxylic acids is 1. The highest BCUT2D eigenvalue weighted by Gasteiger charge is 2.41. The van der Waals surface area contributed by atoms with E-state index >= 15 is 0 Å². The van der Waals surface area contributed by atoms with Gasteiger partial charge in [-0.1, -0.05) is 46.1 Å². The van der Waals surface area contributed by atoms with E-state index in [0.29, 0.717) is 17.4 Å². The van der Waals surface area contributed by atoms with Crippen LogP contribution < -0.4 is 0 Å². The molecule has 0 fully saturated rings. The number of hydrogen-bond acceptors (Lipinski definition) is 2. The van der Waals surface area contributed by atoms with Gasteiger partial charge < -0.3 is 14.7 Å². The first kappa shape index (κ1) is 23.1. The summed E-state index contributed by atoms with van der Waals surface area (Å²) in [5.41, 5.74) is 0. The maximum atomic E-state index is 11.9. The number of hydrogen-bond donors (Lipinski definition) is 2. The first-order valence-electron chi connectivity index (χ1n) is 9.84. The molecular formula is C20H40NO3+. The van der Waals surface area contributed by atoms with Gasteiger partial charge in [-0.15, -0.1) is 6.58 Å². The van der Waals surface area contributed by atoms with E-state index in [2.05, 4.69) is 20.4 Å². The Morgan fingerprint density at radius 1 is 1.08 bits per heavy atom. The number of aliphatic hydroxyl groups is 1. The largest absolute Gasteiger partial charge is 0.477 e. The van der Waals surface area contributed by atoms with Gasteiger partial charge in [-0.2, -0.15) is 0 Å². The van der Waals surface area contributed by atoms with Crippen LogP contribution in [0.5, 0.6) is 0 Å². The molecule has 4 nitrogen and oxygen atoms in total. The van der Waals surface area contributed by atoms with Crippen LogP contribution in [0.1, 0.15) is 78.6 Å². The fraction of sp³-hybridized carbons (Fsp3) is 0.850. The molecule has 0 amide bonds. The summed E-state index contributed by atoms with van der Waals surface area (Å²) >= 11 is 0. The average Bonchev–Trinajstić information content (AvgIpc) is 2.55. The Labute approximate surface area is 149 Å². The van der Waals surface area contributed by atoms with Gasteiger partial charge in [0.05, 0.1) is 13.1 Å². The lowest BCUT2D eigenvalue weighted by Crippen LogP contribution is -2.62. The predicted molar refractivity (Wildman–Crippen MR) is 101 cm³/mol. The van der Waals surface area contributed by atoms with Crippen molar-refractivity contribution >= 4 is 5.97 Å². The van der Waals surface area contributed by atoms with Crippen molar-refractivity contribution < 1.29 is 19.5 Å². The fourth-order valence-corrected chi connectivity index (χ4v) is 3.66. The highest BCUT2D eigenvalue weighted by Crippen LogP contribution is 2.23. The minimum atomic E-state index is -0.719. The fourth-order valence-electron chi connectivity index (χ4n) is 3.66. The number of carboxylic acid groups (broad SMARTS) is 1. The summed E-state index contributed by atoms with van der Waals surface area (Å²) in [4.78, 5) is 11.9. The van der Waals surface area contributed by atoms with E-state index in [1.54, 1.807) is 0 Å². The summed E-state index contributed by atoms with van der Waals surface area (Å²) in [6, 6.07) is -0.411. The van der Waals surface area contributed by atoms with Gasteiger partial charge in [0.25, 0.3) is 0 Å². The van der Waals surface area contributed by atoms with Gasteiger partial charge >= 0.3 is 5.97 Å². The Bertz CT molecular complexity index is 336. The second-order valence-corrected chi connectivity index (χ2v) is 7.04. The average molecular weight is 343 g/mol. The van der Waals surface area contributed by atoms with Gasteiger partial charge in [-0.3, -0.25) is 0 Å². The van der Waals surface area contributed by atoms with Crippen molar-refractivity contribution in [1.82, 2.24) is 0 Å². The van der Waals surface area contributed by atoms with E-state index in [9.17, 15) is 15.0 Å². The zero-order valence-electron chi connectivity index (χ0n) is 16.2. The highest BCUT2D eigenvalue weighted by molar-refractivity contribution is 5.72. The molecule has 0 rings (SSSR count). The topological polar surface area (TPSA) is 57.5 Å². The quantitative estimate of drug-likeness (QED) is 0.249. The molecule has 0 aliphatic heterocycles. The van der Waals surface area contributed by atoms with Gasteiger partial charge in [-0.05, 0) is 32.1 Å². The third-order valence-corrected chi connectivity index (χ3v) is 5.02.